The summed E-state index contributed by atoms with van der Waals surface area (Å²) < 4.78 is 2.53. The van der Waals surface area contributed by atoms with E-state index >= 15 is 0 Å². The summed E-state index contributed by atoms with van der Waals surface area (Å²) in [6, 6.07) is 4.22. The number of aliphatic hydroxyl groups is 1. The van der Waals surface area contributed by atoms with Crippen LogP contribution in [0, 0.1) is 0 Å². The number of nitrogens with zero attached hydrogens (tertiary/aromatic N) is 1. The molecule has 1 unspecified atom stereocenters. The first-order chi connectivity index (χ1) is 9.43. The molecular formula is C15H17NOS3. The van der Waals surface area contributed by atoms with Crippen molar-refractivity contribution in [2.24, 2.45) is 0 Å². The van der Waals surface area contributed by atoms with E-state index in [1.165, 1.54) is 9.40 Å². The molecule has 3 rings (SSSR count). The van der Waals surface area contributed by atoms with E-state index < -0.39 is 6.10 Å². The summed E-state index contributed by atoms with van der Waals surface area (Å²) in [6.45, 7) is 6.49. The number of hydrogen-bond acceptors (Lipinski definition) is 5. The molecule has 0 saturated carbocycles. The predicted octanol–water partition coefficient (Wildman–Crippen LogP) is 4.99. The van der Waals surface area contributed by atoms with Crippen LogP contribution in [0.15, 0.2) is 22.9 Å². The number of rotatable bonds is 3. The van der Waals surface area contributed by atoms with Gasteiger partial charge in [-0.25, -0.2) is 4.98 Å². The summed E-state index contributed by atoms with van der Waals surface area (Å²) in [4.78, 5) is 5.70. The van der Waals surface area contributed by atoms with E-state index in [0.717, 1.165) is 15.6 Å². The van der Waals surface area contributed by atoms with Crippen LogP contribution in [0.25, 0.3) is 9.40 Å². The van der Waals surface area contributed by atoms with Gasteiger partial charge in [0.05, 0.1) is 16.8 Å². The first kappa shape index (κ1) is 14.2. The van der Waals surface area contributed by atoms with E-state index in [0.29, 0.717) is 6.42 Å². The van der Waals surface area contributed by atoms with Crippen LogP contribution in [0.1, 0.15) is 42.5 Å². The Morgan fingerprint density at radius 1 is 1.25 bits per heavy atom. The molecule has 0 bridgehead atoms. The van der Waals surface area contributed by atoms with Gasteiger partial charge in [-0.1, -0.05) is 20.8 Å². The molecule has 0 amide bonds. The predicted molar refractivity (Wildman–Crippen MR) is 89.2 cm³/mol. The summed E-state index contributed by atoms with van der Waals surface area (Å²) in [5.74, 6) is 0. The fraction of sp³-hybridized carbons (Fsp3) is 0.400. The fourth-order valence-corrected chi connectivity index (χ4v) is 5.13. The lowest BCUT2D eigenvalue weighted by Gasteiger charge is -2.14. The molecule has 2 nitrogen and oxygen atoms in total. The number of hydrogen-bond donors (Lipinski definition) is 1. The molecule has 0 radical (unpaired) electrons. The molecule has 20 heavy (non-hydrogen) atoms. The van der Waals surface area contributed by atoms with Gasteiger partial charge in [-0.3, -0.25) is 0 Å². The maximum absolute atomic E-state index is 10.4. The van der Waals surface area contributed by atoms with Gasteiger partial charge in [0.25, 0.3) is 0 Å². The maximum Gasteiger partial charge on any atom is 0.0958 e. The van der Waals surface area contributed by atoms with E-state index in [1.54, 1.807) is 34.0 Å². The Hall–Kier alpha value is -0.750. The molecule has 0 fully saturated rings. The zero-order chi connectivity index (χ0) is 14.3. The highest BCUT2D eigenvalue weighted by Crippen LogP contribution is 2.35. The van der Waals surface area contributed by atoms with Crippen LogP contribution in [0.3, 0.4) is 0 Å². The number of thiazole rings is 1. The molecule has 1 N–H and O–H groups in total. The molecular weight excluding hydrogens is 306 g/mol. The number of aliphatic hydroxyl groups excluding tert-OH is 1. The van der Waals surface area contributed by atoms with Crippen LogP contribution in [0.5, 0.6) is 0 Å². The van der Waals surface area contributed by atoms with Gasteiger partial charge in [-0.15, -0.1) is 34.0 Å². The largest absolute Gasteiger partial charge is 0.387 e. The maximum atomic E-state index is 10.4. The highest BCUT2D eigenvalue weighted by atomic mass is 32.1. The van der Waals surface area contributed by atoms with Gasteiger partial charge in [0.1, 0.15) is 0 Å². The summed E-state index contributed by atoms with van der Waals surface area (Å²) in [5.41, 5.74) is 1.18. The monoisotopic (exact) mass is 323 g/mol. The summed E-state index contributed by atoms with van der Waals surface area (Å²) in [5, 5.41) is 15.6. The molecule has 0 aliphatic heterocycles. The van der Waals surface area contributed by atoms with Gasteiger partial charge in [0.15, 0.2) is 0 Å². The van der Waals surface area contributed by atoms with Crippen molar-refractivity contribution in [3.8, 4) is 0 Å². The van der Waals surface area contributed by atoms with Gasteiger partial charge in [0.2, 0.25) is 0 Å². The minimum atomic E-state index is -0.446. The Bertz CT molecular complexity index is 688. The summed E-state index contributed by atoms with van der Waals surface area (Å²) >= 11 is 5.05. The van der Waals surface area contributed by atoms with Crippen LogP contribution in [-0.4, -0.2) is 10.1 Å². The smallest absolute Gasteiger partial charge is 0.0958 e. The normalized spacial score (nSPS) is 14.0. The van der Waals surface area contributed by atoms with Gasteiger partial charge in [-0.05, 0) is 17.5 Å². The van der Waals surface area contributed by atoms with E-state index in [9.17, 15) is 5.11 Å². The highest BCUT2D eigenvalue weighted by Gasteiger charge is 2.19. The van der Waals surface area contributed by atoms with Gasteiger partial charge in [0, 0.05) is 31.5 Å². The molecule has 3 aromatic heterocycles. The van der Waals surface area contributed by atoms with E-state index in [2.05, 4.69) is 48.6 Å². The molecule has 0 saturated heterocycles. The van der Waals surface area contributed by atoms with Crippen molar-refractivity contribution in [2.45, 2.75) is 38.7 Å². The lowest BCUT2D eigenvalue weighted by Crippen LogP contribution is -2.11. The molecule has 3 heterocycles. The lowest BCUT2D eigenvalue weighted by molar-refractivity contribution is 0.182. The second kappa shape index (κ2) is 5.22. The van der Waals surface area contributed by atoms with Gasteiger partial charge < -0.3 is 5.11 Å². The molecule has 0 aliphatic carbocycles. The van der Waals surface area contributed by atoms with Crippen molar-refractivity contribution >= 4 is 43.4 Å². The van der Waals surface area contributed by atoms with Crippen molar-refractivity contribution in [3.05, 3.63) is 38.5 Å². The van der Waals surface area contributed by atoms with Crippen LogP contribution in [0.2, 0.25) is 0 Å². The molecule has 5 heteroatoms. The zero-order valence-corrected chi connectivity index (χ0v) is 14.2. The van der Waals surface area contributed by atoms with Crippen LogP contribution < -0.4 is 0 Å². The SMILES string of the molecule is CC(C)(C)c1csc(CC(O)c2cc3sccc3s2)n1. The third-order valence-electron chi connectivity index (χ3n) is 3.17. The highest BCUT2D eigenvalue weighted by molar-refractivity contribution is 7.26. The first-order valence-electron chi connectivity index (χ1n) is 6.53. The van der Waals surface area contributed by atoms with Crippen LogP contribution >= 0.6 is 34.0 Å². The van der Waals surface area contributed by atoms with Crippen molar-refractivity contribution in [3.63, 3.8) is 0 Å². The third-order valence-corrected chi connectivity index (χ3v) is 6.24. The van der Waals surface area contributed by atoms with Gasteiger partial charge in [-0.2, -0.15) is 0 Å². The Morgan fingerprint density at radius 2 is 2.05 bits per heavy atom. The average molecular weight is 324 g/mol. The van der Waals surface area contributed by atoms with E-state index in [-0.39, 0.29) is 5.41 Å². The summed E-state index contributed by atoms with van der Waals surface area (Å²) in [6.07, 6.45) is 0.160. The number of thiophene rings is 2. The number of fused-ring (bicyclic) bond motifs is 1. The summed E-state index contributed by atoms with van der Waals surface area (Å²) in [7, 11) is 0. The van der Waals surface area contributed by atoms with Crippen molar-refractivity contribution in [2.75, 3.05) is 0 Å². The van der Waals surface area contributed by atoms with Gasteiger partial charge >= 0.3 is 0 Å². The molecule has 0 spiro atoms. The first-order valence-corrected chi connectivity index (χ1v) is 9.11. The van der Waals surface area contributed by atoms with Crippen molar-refractivity contribution in [1.82, 2.24) is 4.98 Å². The van der Waals surface area contributed by atoms with E-state index in [1.807, 2.05) is 0 Å². The fourth-order valence-electron chi connectivity index (χ4n) is 1.96. The average Bonchev–Trinajstić information content (AvgIpc) is 3.00. The third kappa shape index (κ3) is 2.81. The minimum Gasteiger partial charge on any atom is -0.387 e. The topological polar surface area (TPSA) is 33.1 Å². The lowest BCUT2D eigenvalue weighted by atomic mass is 9.93. The Balaban J connectivity index is 1.77. The second-order valence-electron chi connectivity index (χ2n) is 5.89. The Kier molecular flexibility index (Phi) is 3.71. The van der Waals surface area contributed by atoms with Crippen LogP contribution in [0.4, 0.5) is 0 Å². The Morgan fingerprint density at radius 3 is 2.70 bits per heavy atom. The Labute approximate surface area is 130 Å². The molecule has 0 aromatic carbocycles. The standard InChI is InChI=1S/C15H17NOS3/c1-15(2,3)13-8-19-14(16-13)6-9(17)11-7-12-10(20-11)4-5-18-12/h4-5,7-9,17H,6H2,1-3H3. The quantitative estimate of drug-likeness (QED) is 0.736. The molecule has 3 aromatic rings. The molecule has 0 aliphatic rings. The second-order valence-corrected chi connectivity index (χ2v) is 8.90. The molecule has 1 atom stereocenters. The minimum absolute atomic E-state index is 0.0746. The van der Waals surface area contributed by atoms with Crippen molar-refractivity contribution in [1.29, 1.82) is 0 Å². The molecule has 106 valence electrons. The van der Waals surface area contributed by atoms with E-state index in [4.69, 9.17) is 0 Å². The van der Waals surface area contributed by atoms with Crippen molar-refractivity contribution < 1.29 is 5.11 Å². The zero-order valence-electron chi connectivity index (χ0n) is 11.7. The van der Waals surface area contributed by atoms with Crippen LogP contribution in [-0.2, 0) is 11.8 Å². The number of aromatic nitrogens is 1.